The van der Waals surface area contributed by atoms with Gasteiger partial charge in [-0.05, 0) is 60.5 Å². The third-order valence-corrected chi connectivity index (χ3v) is 7.03. The van der Waals surface area contributed by atoms with Crippen LogP contribution in [0.15, 0.2) is 78.0 Å². The number of amides is 1. The van der Waals surface area contributed by atoms with Crippen LogP contribution >= 0.6 is 11.8 Å². The van der Waals surface area contributed by atoms with Crippen LogP contribution < -0.4 is 4.90 Å². The third-order valence-electron chi connectivity index (χ3n) is 6.09. The van der Waals surface area contributed by atoms with Crippen molar-refractivity contribution in [2.75, 3.05) is 31.1 Å². The molecule has 1 N–H and O–H groups in total. The van der Waals surface area contributed by atoms with Gasteiger partial charge in [0.15, 0.2) is 5.16 Å². The van der Waals surface area contributed by atoms with Gasteiger partial charge in [-0.3, -0.25) is 4.79 Å². The minimum absolute atomic E-state index is 0.0816. The van der Waals surface area contributed by atoms with E-state index < -0.39 is 0 Å². The summed E-state index contributed by atoms with van der Waals surface area (Å²) in [6, 6.07) is 25.8. The second-order valence-corrected chi connectivity index (χ2v) is 9.30. The van der Waals surface area contributed by atoms with E-state index in [1.165, 1.54) is 0 Å². The van der Waals surface area contributed by atoms with Crippen LogP contribution in [0.1, 0.15) is 27.9 Å². The van der Waals surface area contributed by atoms with Crippen LogP contribution in [0, 0.1) is 11.3 Å². The number of aromatic amines is 1. The summed E-state index contributed by atoms with van der Waals surface area (Å²) in [7, 11) is 0. The first-order chi connectivity index (χ1) is 16.7. The van der Waals surface area contributed by atoms with Crippen molar-refractivity contribution in [1.82, 2.24) is 14.9 Å². The van der Waals surface area contributed by atoms with Gasteiger partial charge in [0.2, 0.25) is 0 Å². The summed E-state index contributed by atoms with van der Waals surface area (Å²) < 4.78 is 0. The van der Waals surface area contributed by atoms with Gasteiger partial charge in [-0.1, -0.05) is 36.0 Å². The molecule has 0 bridgehead atoms. The number of fused-ring (bicyclic) bond motifs is 1. The summed E-state index contributed by atoms with van der Waals surface area (Å²) in [5.41, 5.74) is 5.66. The van der Waals surface area contributed by atoms with Crippen LogP contribution in [0.5, 0.6) is 0 Å². The smallest absolute Gasteiger partial charge is 0.253 e. The Labute approximate surface area is 203 Å². The lowest BCUT2D eigenvalue weighted by Crippen LogP contribution is -2.35. The number of imidazole rings is 1. The molecule has 0 atom stereocenters. The van der Waals surface area contributed by atoms with Crippen molar-refractivity contribution in [3.05, 3.63) is 89.5 Å². The Bertz CT molecular complexity index is 1290. The highest BCUT2D eigenvalue weighted by atomic mass is 32.2. The van der Waals surface area contributed by atoms with Crippen LogP contribution in [0.25, 0.3) is 11.0 Å². The van der Waals surface area contributed by atoms with Gasteiger partial charge in [0.05, 0.1) is 22.7 Å². The molecule has 1 aromatic heterocycles. The molecule has 34 heavy (non-hydrogen) atoms. The van der Waals surface area contributed by atoms with Crippen molar-refractivity contribution in [2.24, 2.45) is 0 Å². The van der Waals surface area contributed by atoms with Gasteiger partial charge in [-0.25, -0.2) is 4.98 Å². The Kier molecular flexibility index (Phi) is 6.50. The fourth-order valence-corrected chi connectivity index (χ4v) is 5.04. The lowest BCUT2D eigenvalue weighted by atomic mass is 10.1. The predicted octanol–water partition coefficient (Wildman–Crippen LogP) is 5.08. The van der Waals surface area contributed by atoms with Crippen molar-refractivity contribution in [3.63, 3.8) is 0 Å². The maximum absolute atomic E-state index is 13.1. The molecule has 170 valence electrons. The van der Waals surface area contributed by atoms with E-state index >= 15 is 0 Å². The molecule has 3 aromatic carbocycles. The van der Waals surface area contributed by atoms with E-state index in [1.807, 2.05) is 77.7 Å². The molecule has 1 aliphatic rings. The van der Waals surface area contributed by atoms with Crippen molar-refractivity contribution in [3.8, 4) is 6.07 Å². The normalized spacial score (nSPS) is 14.1. The Balaban J connectivity index is 1.17. The number of benzene rings is 3. The highest BCUT2D eigenvalue weighted by molar-refractivity contribution is 7.98. The summed E-state index contributed by atoms with van der Waals surface area (Å²) in [5, 5.41) is 9.90. The average molecular weight is 468 g/mol. The monoisotopic (exact) mass is 467 g/mol. The van der Waals surface area contributed by atoms with Crippen molar-refractivity contribution in [2.45, 2.75) is 17.3 Å². The van der Waals surface area contributed by atoms with Crippen LogP contribution in [-0.4, -0.2) is 47.0 Å². The van der Waals surface area contributed by atoms with Crippen LogP contribution in [0.4, 0.5) is 5.69 Å². The van der Waals surface area contributed by atoms with Crippen molar-refractivity contribution in [1.29, 1.82) is 5.26 Å². The highest BCUT2D eigenvalue weighted by Crippen LogP contribution is 2.24. The number of carbonyl (C=O) groups excluding carboxylic acids is 1. The quantitative estimate of drug-likeness (QED) is 0.414. The number of nitrogens with zero attached hydrogens (tertiary/aromatic N) is 4. The molecule has 0 unspecified atom stereocenters. The number of para-hydroxylation sites is 2. The van der Waals surface area contributed by atoms with Crippen molar-refractivity contribution >= 4 is 34.4 Å². The minimum Gasteiger partial charge on any atom is -0.370 e. The predicted molar refractivity (Wildman–Crippen MR) is 136 cm³/mol. The van der Waals surface area contributed by atoms with E-state index in [2.05, 4.69) is 20.9 Å². The zero-order valence-electron chi connectivity index (χ0n) is 18.8. The molecule has 1 saturated heterocycles. The molecule has 0 saturated carbocycles. The molecule has 1 fully saturated rings. The van der Waals surface area contributed by atoms with Gasteiger partial charge in [0.1, 0.15) is 0 Å². The number of H-pyrrole nitrogens is 1. The first kappa shape index (κ1) is 22.1. The zero-order valence-corrected chi connectivity index (χ0v) is 19.6. The fraction of sp³-hybridized carbons (Fsp3) is 0.222. The fourth-order valence-electron chi connectivity index (χ4n) is 4.20. The number of aromatic nitrogens is 2. The number of anilines is 1. The lowest BCUT2D eigenvalue weighted by Gasteiger charge is -2.24. The number of carbonyl (C=O) groups is 1. The first-order valence-corrected chi connectivity index (χ1v) is 12.4. The molecule has 6 nitrogen and oxygen atoms in total. The van der Waals surface area contributed by atoms with Crippen LogP contribution in [0.2, 0.25) is 0 Å². The number of hydrogen-bond acceptors (Lipinski definition) is 5. The average Bonchev–Trinajstić information content (AvgIpc) is 3.15. The Hall–Kier alpha value is -3.76. The molecule has 1 aliphatic heterocycles. The van der Waals surface area contributed by atoms with Gasteiger partial charge >= 0.3 is 0 Å². The molecule has 1 amide bonds. The second kappa shape index (κ2) is 10.0. The Morgan fingerprint density at radius 2 is 1.76 bits per heavy atom. The SMILES string of the molecule is N#Cc1ccc(N2CCCN(C(=O)c3ccc(CSc4nc5ccccc5[nH]4)cc3)CC2)cc1. The molecule has 7 heteroatoms. The Morgan fingerprint density at radius 3 is 2.53 bits per heavy atom. The summed E-state index contributed by atoms with van der Waals surface area (Å²) in [4.78, 5) is 25.3. The lowest BCUT2D eigenvalue weighted by molar-refractivity contribution is 0.0767. The van der Waals surface area contributed by atoms with Crippen LogP contribution in [0.3, 0.4) is 0 Å². The van der Waals surface area contributed by atoms with E-state index in [4.69, 9.17) is 5.26 Å². The van der Waals surface area contributed by atoms with Crippen LogP contribution in [-0.2, 0) is 5.75 Å². The number of thioether (sulfide) groups is 1. The molecule has 2 heterocycles. The van der Waals surface area contributed by atoms with E-state index in [-0.39, 0.29) is 5.91 Å². The molecular weight excluding hydrogens is 442 g/mol. The molecule has 0 radical (unpaired) electrons. The zero-order chi connectivity index (χ0) is 23.3. The molecule has 0 spiro atoms. The maximum atomic E-state index is 13.1. The summed E-state index contributed by atoms with van der Waals surface area (Å²) in [5.74, 6) is 0.871. The number of nitrogens with one attached hydrogen (secondary N) is 1. The topological polar surface area (TPSA) is 76.0 Å². The molecule has 0 aliphatic carbocycles. The van der Waals surface area contributed by atoms with Gasteiger partial charge in [0, 0.05) is 43.2 Å². The minimum atomic E-state index is 0.0816. The highest BCUT2D eigenvalue weighted by Gasteiger charge is 2.20. The van der Waals surface area contributed by atoms with Gasteiger partial charge in [-0.15, -0.1) is 0 Å². The second-order valence-electron chi connectivity index (χ2n) is 8.34. The molecule has 4 aromatic rings. The van der Waals surface area contributed by atoms with E-state index in [9.17, 15) is 4.79 Å². The maximum Gasteiger partial charge on any atom is 0.253 e. The summed E-state index contributed by atoms with van der Waals surface area (Å²) in [6.45, 7) is 3.11. The summed E-state index contributed by atoms with van der Waals surface area (Å²) in [6.07, 6.45) is 0.915. The van der Waals surface area contributed by atoms with E-state index in [1.54, 1.807) is 11.8 Å². The first-order valence-electron chi connectivity index (χ1n) is 11.4. The van der Waals surface area contributed by atoms with E-state index in [0.717, 1.165) is 64.8 Å². The third kappa shape index (κ3) is 4.92. The number of hydrogen-bond donors (Lipinski definition) is 1. The Morgan fingerprint density at radius 1 is 0.971 bits per heavy atom. The molecular formula is C27H25N5OS. The standard InChI is InChI=1S/C27H25N5OS/c28-18-20-8-12-23(13-9-20)31-14-3-15-32(17-16-31)26(33)22-10-6-21(7-11-22)19-34-27-29-24-4-1-2-5-25(24)30-27/h1-2,4-13H,3,14-17,19H2,(H,29,30). The molecule has 5 rings (SSSR count). The van der Waals surface area contributed by atoms with Gasteiger partial charge in [-0.2, -0.15) is 5.26 Å². The summed E-state index contributed by atoms with van der Waals surface area (Å²) >= 11 is 1.66. The number of nitriles is 1. The number of rotatable bonds is 5. The van der Waals surface area contributed by atoms with E-state index in [0.29, 0.717) is 12.1 Å². The van der Waals surface area contributed by atoms with Gasteiger partial charge in [0.25, 0.3) is 5.91 Å². The van der Waals surface area contributed by atoms with Crippen molar-refractivity contribution < 1.29 is 4.79 Å². The van der Waals surface area contributed by atoms with Gasteiger partial charge < -0.3 is 14.8 Å². The largest absolute Gasteiger partial charge is 0.370 e.